The maximum atomic E-state index is 5.71. The third-order valence-corrected chi connectivity index (χ3v) is 4.43. The molecule has 24 heavy (non-hydrogen) atoms. The number of ether oxygens (including phenoxy) is 1. The van der Waals surface area contributed by atoms with Crippen LogP contribution in [0.2, 0.25) is 0 Å². The van der Waals surface area contributed by atoms with Crippen molar-refractivity contribution in [2.24, 2.45) is 0 Å². The Bertz CT molecular complexity index is 1180. The van der Waals surface area contributed by atoms with Crippen LogP contribution >= 0.6 is 0 Å². The van der Waals surface area contributed by atoms with Gasteiger partial charge in [0.15, 0.2) is 0 Å². The van der Waals surface area contributed by atoms with Gasteiger partial charge in [-0.3, -0.25) is 0 Å². The average molecular weight is 314 g/mol. The zero-order chi connectivity index (χ0) is 16.1. The molecule has 0 saturated carbocycles. The van der Waals surface area contributed by atoms with Crippen molar-refractivity contribution in [1.29, 1.82) is 0 Å². The van der Waals surface area contributed by atoms with Crippen molar-refractivity contribution in [1.82, 2.24) is 9.97 Å². The van der Waals surface area contributed by atoms with Crippen LogP contribution < -0.4 is 4.74 Å². The van der Waals surface area contributed by atoms with Crippen molar-refractivity contribution in [3.8, 4) is 17.1 Å². The van der Waals surface area contributed by atoms with Crippen LogP contribution in [0.25, 0.3) is 44.2 Å². The van der Waals surface area contributed by atoms with Gasteiger partial charge in [0.25, 0.3) is 0 Å². The second kappa shape index (κ2) is 4.86. The van der Waals surface area contributed by atoms with Crippen molar-refractivity contribution in [3.05, 3.63) is 60.9 Å². The van der Waals surface area contributed by atoms with Crippen molar-refractivity contribution in [3.63, 3.8) is 0 Å². The number of H-pyrrole nitrogens is 1. The van der Waals surface area contributed by atoms with E-state index in [1.54, 1.807) is 13.4 Å². The van der Waals surface area contributed by atoms with Crippen LogP contribution in [0.5, 0.6) is 5.75 Å². The number of aromatic amines is 1. The molecule has 2 aromatic heterocycles. The standard InChI is InChI=1S/C20H14N2O2/c1-23-13-8-6-12(7-9-13)20-21-17-14-4-2-3-5-15(14)19-16(10-11-24-19)18(17)22-20/h2-11H,1H3,(H,21,22). The summed E-state index contributed by atoms with van der Waals surface area (Å²) in [6, 6.07) is 18.1. The summed E-state index contributed by atoms with van der Waals surface area (Å²) in [5.74, 6) is 1.67. The third kappa shape index (κ3) is 1.77. The summed E-state index contributed by atoms with van der Waals surface area (Å²) in [6.45, 7) is 0. The molecule has 116 valence electrons. The molecule has 5 aromatic rings. The number of benzene rings is 3. The van der Waals surface area contributed by atoms with E-state index in [-0.39, 0.29) is 0 Å². The minimum absolute atomic E-state index is 0.831. The number of nitrogens with zero attached hydrogens (tertiary/aromatic N) is 1. The summed E-state index contributed by atoms with van der Waals surface area (Å²) < 4.78 is 10.9. The fraction of sp³-hybridized carbons (Fsp3) is 0.0500. The van der Waals surface area contributed by atoms with Gasteiger partial charge in [0.2, 0.25) is 0 Å². The third-order valence-electron chi connectivity index (χ3n) is 4.43. The summed E-state index contributed by atoms with van der Waals surface area (Å²) in [7, 11) is 1.66. The van der Waals surface area contributed by atoms with Crippen LogP contribution in [0.1, 0.15) is 0 Å². The Balaban J connectivity index is 1.85. The molecule has 0 amide bonds. The first-order chi connectivity index (χ1) is 11.8. The van der Waals surface area contributed by atoms with E-state index in [4.69, 9.17) is 14.1 Å². The first-order valence-corrected chi connectivity index (χ1v) is 7.77. The predicted molar refractivity (Wildman–Crippen MR) is 95.4 cm³/mol. The molecule has 1 N–H and O–H groups in total. The minimum Gasteiger partial charge on any atom is -0.497 e. The zero-order valence-electron chi connectivity index (χ0n) is 13.0. The van der Waals surface area contributed by atoms with Gasteiger partial charge in [0, 0.05) is 21.7 Å². The molecule has 0 aliphatic heterocycles. The second-order valence-electron chi connectivity index (χ2n) is 5.75. The molecule has 2 heterocycles. The van der Waals surface area contributed by atoms with Crippen LogP contribution in [0, 0.1) is 0 Å². The van der Waals surface area contributed by atoms with Crippen molar-refractivity contribution in [2.75, 3.05) is 7.11 Å². The van der Waals surface area contributed by atoms with Crippen molar-refractivity contribution in [2.45, 2.75) is 0 Å². The van der Waals surface area contributed by atoms with Crippen LogP contribution in [0.15, 0.2) is 65.3 Å². The highest BCUT2D eigenvalue weighted by molar-refractivity contribution is 6.21. The summed E-state index contributed by atoms with van der Waals surface area (Å²) in [5, 5.41) is 3.23. The molecule has 0 bridgehead atoms. The number of hydrogen-bond acceptors (Lipinski definition) is 3. The van der Waals surface area contributed by atoms with E-state index in [0.29, 0.717) is 0 Å². The number of nitrogens with one attached hydrogen (secondary N) is 1. The highest BCUT2D eigenvalue weighted by Crippen LogP contribution is 2.35. The normalized spacial score (nSPS) is 11.5. The molecule has 0 spiro atoms. The van der Waals surface area contributed by atoms with Gasteiger partial charge in [-0.05, 0) is 30.3 Å². The quantitative estimate of drug-likeness (QED) is 0.491. The number of hydrogen-bond donors (Lipinski definition) is 1. The number of furan rings is 1. The first kappa shape index (κ1) is 13.2. The van der Waals surface area contributed by atoms with Gasteiger partial charge < -0.3 is 14.1 Å². The lowest BCUT2D eigenvalue weighted by Crippen LogP contribution is -1.83. The summed E-state index contributed by atoms with van der Waals surface area (Å²) in [5.41, 5.74) is 3.87. The molecule has 3 aromatic carbocycles. The van der Waals surface area contributed by atoms with Gasteiger partial charge in [-0.15, -0.1) is 0 Å². The molecule has 4 heteroatoms. The topological polar surface area (TPSA) is 51.1 Å². The van der Waals surface area contributed by atoms with Gasteiger partial charge >= 0.3 is 0 Å². The molecule has 5 rings (SSSR count). The van der Waals surface area contributed by atoms with E-state index in [1.165, 1.54) is 0 Å². The predicted octanol–water partition coefficient (Wildman–Crippen LogP) is 5.14. The van der Waals surface area contributed by atoms with E-state index in [0.717, 1.165) is 49.9 Å². The molecule has 4 nitrogen and oxygen atoms in total. The molecule has 0 atom stereocenters. The first-order valence-electron chi connectivity index (χ1n) is 7.77. The largest absolute Gasteiger partial charge is 0.497 e. The monoisotopic (exact) mass is 314 g/mol. The number of methoxy groups -OCH3 is 1. The lowest BCUT2D eigenvalue weighted by molar-refractivity contribution is 0.415. The van der Waals surface area contributed by atoms with Crippen LogP contribution in [-0.4, -0.2) is 17.1 Å². The smallest absolute Gasteiger partial charge is 0.143 e. The maximum absolute atomic E-state index is 5.71. The van der Waals surface area contributed by atoms with Crippen LogP contribution in [0.3, 0.4) is 0 Å². The molecule has 0 saturated heterocycles. The molecule has 0 aliphatic rings. The number of imidazole rings is 1. The Morgan fingerprint density at radius 3 is 2.50 bits per heavy atom. The Morgan fingerprint density at radius 2 is 1.71 bits per heavy atom. The van der Waals surface area contributed by atoms with Gasteiger partial charge in [-0.25, -0.2) is 4.98 Å². The second-order valence-corrected chi connectivity index (χ2v) is 5.75. The number of aromatic nitrogens is 2. The van der Waals surface area contributed by atoms with Gasteiger partial charge in [0.1, 0.15) is 22.7 Å². The highest BCUT2D eigenvalue weighted by atomic mass is 16.5. The number of fused-ring (bicyclic) bond motifs is 6. The van der Waals surface area contributed by atoms with Crippen molar-refractivity contribution >= 4 is 32.8 Å². The van der Waals surface area contributed by atoms with Gasteiger partial charge in [-0.2, -0.15) is 0 Å². The SMILES string of the molecule is COc1ccc(-c2nc3c4ccoc4c4ccccc4c3[nH]2)cc1. The molecular weight excluding hydrogens is 300 g/mol. The van der Waals surface area contributed by atoms with Gasteiger partial charge in [0.05, 0.1) is 18.9 Å². The molecule has 0 fully saturated rings. The molecular formula is C20H14N2O2. The summed E-state index contributed by atoms with van der Waals surface area (Å²) >= 11 is 0. The lowest BCUT2D eigenvalue weighted by Gasteiger charge is -2.00. The fourth-order valence-electron chi connectivity index (χ4n) is 3.25. The summed E-state index contributed by atoms with van der Waals surface area (Å²) in [6.07, 6.45) is 1.72. The Kier molecular flexibility index (Phi) is 2.67. The van der Waals surface area contributed by atoms with Crippen LogP contribution in [0.4, 0.5) is 0 Å². The maximum Gasteiger partial charge on any atom is 0.143 e. The number of rotatable bonds is 2. The summed E-state index contributed by atoms with van der Waals surface area (Å²) in [4.78, 5) is 8.31. The van der Waals surface area contributed by atoms with Crippen molar-refractivity contribution < 1.29 is 9.15 Å². The highest BCUT2D eigenvalue weighted by Gasteiger charge is 2.15. The van der Waals surface area contributed by atoms with E-state index in [9.17, 15) is 0 Å². The fourth-order valence-corrected chi connectivity index (χ4v) is 3.25. The van der Waals surface area contributed by atoms with E-state index in [1.807, 2.05) is 42.5 Å². The minimum atomic E-state index is 0.831. The Morgan fingerprint density at radius 1 is 0.917 bits per heavy atom. The van der Waals surface area contributed by atoms with E-state index < -0.39 is 0 Å². The molecule has 0 aliphatic carbocycles. The zero-order valence-corrected chi connectivity index (χ0v) is 13.0. The van der Waals surface area contributed by atoms with E-state index in [2.05, 4.69) is 17.1 Å². The Labute approximate surface area is 137 Å². The van der Waals surface area contributed by atoms with Crippen LogP contribution in [-0.2, 0) is 0 Å². The molecule has 0 unspecified atom stereocenters. The average Bonchev–Trinajstić information content (AvgIpc) is 3.29. The van der Waals surface area contributed by atoms with E-state index >= 15 is 0 Å². The lowest BCUT2D eigenvalue weighted by atomic mass is 10.1. The molecule has 0 radical (unpaired) electrons. The van der Waals surface area contributed by atoms with Gasteiger partial charge in [-0.1, -0.05) is 24.3 Å². The Hall–Kier alpha value is -3.27.